The monoisotopic (exact) mass is 503 g/mol. The number of aryl methyl sites for hydroxylation is 2. The Labute approximate surface area is 225 Å². The van der Waals surface area contributed by atoms with Crippen LogP contribution >= 0.6 is 0 Å². The van der Waals surface area contributed by atoms with Crippen LogP contribution in [0.4, 0.5) is 0 Å². The Bertz CT molecular complexity index is 1080. The third-order valence-electron chi connectivity index (χ3n) is 7.71. The van der Waals surface area contributed by atoms with Crippen molar-refractivity contribution in [3.8, 4) is 11.3 Å². The Kier molecular flexibility index (Phi) is 13.5. The molecule has 2 heterocycles. The van der Waals surface area contributed by atoms with E-state index < -0.39 is 0 Å². The number of hydrogen-bond acceptors (Lipinski definition) is 1. The maximum atomic E-state index is 13.0. The first kappa shape index (κ1) is 29.1. The Morgan fingerprint density at radius 1 is 0.649 bits per heavy atom. The molecule has 0 aliphatic heterocycles. The number of unbranched alkanes of at least 4 members (excludes halogenated alkanes) is 14. The maximum absolute atomic E-state index is 13.0. The Morgan fingerprint density at radius 2 is 1.19 bits per heavy atom. The molecule has 0 aliphatic rings. The van der Waals surface area contributed by atoms with Crippen LogP contribution in [0.2, 0.25) is 0 Å². The van der Waals surface area contributed by atoms with Crippen molar-refractivity contribution in [3.63, 3.8) is 0 Å². The van der Waals surface area contributed by atoms with Gasteiger partial charge < -0.3 is 4.57 Å². The van der Waals surface area contributed by atoms with E-state index >= 15 is 0 Å². The molecule has 0 fully saturated rings. The quantitative estimate of drug-likeness (QED) is 0.118. The molecule has 3 aromatic rings. The molecule has 0 amide bonds. The highest BCUT2D eigenvalue weighted by Gasteiger charge is 2.12. The van der Waals surface area contributed by atoms with Crippen LogP contribution in [0, 0.1) is 0 Å². The zero-order valence-electron chi connectivity index (χ0n) is 23.7. The predicted octanol–water partition coefficient (Wildman–Crippen LogP) is 9.24. The molecule has 0 unspecified atom stereocenters. The Hall–Kier alpha value is -2.42. The second-order valence-corrected chi connectivity index (χ2v) is 10.8. The zero-order valence-corrected chi connectivity index (χ0v) is 23.7. The third kappa shape index (κ3) is 9.76. The lowest BCUT2D eigenvalue weighted by molar-refractivity contribution is -0.697. The van der Waals surface area contributed by atoms with Gasteiger partial charge in [0.05, 0.1) is 11.2 Å². The van der Waals surface area contributed by atoms with E-state index in [4.69, 9.17) is 0 Å². The number of fused-ring (bicyclic) bond motifs is 1. The first-order valence-electron chi connectivity index (χ1n) is 15.4. The Morgan fingerprint density at radius 3 is 1.81 bits per heavy atom. The van der Waals surface area contributed by atoms with Crippen LogP contribution in [-0.4, -0.2) is 4.57 Å². The van der Waals surface area contributed by atoms with Gasteiger partial charge in [0, 0.05) is 42.1 Å². The van der Waals surface area contributed by atoms with Crippen LogP contribution in [0.25, 0.3) is 22.2 Å². The number of hydrogen-bond donors (Lipinski definition) is 0. The minimum absolute atomic E-state index is 0.119. The van der Waals surface area contributed by atoms with Crippen molar-refractivity contribution < 1.29 is 4.57 Å². The van der Waals surface area contributed by atoms with E-state index in [9.17, 15) is 4.79 Å². The molecule has 0 aliphatic carbocycles. The predicted molar refractivity (Wildman–Crippen MR) is 159 cm³/mol. The summed E-state index contributed by atoms with van der Waals surface area (Å²) >= 11 is 0. The number of para-hydroxylation sites is 1. The highest BCUT2D eigenvalue weighted by molar-refractivity contribution is 5.82. The van der Waals surface area contributed by atoms with E-state index in [-0.39, 0.29) is 5.43 Å². The molecule has 0 bridgehead atoms. The molecule has 202 valence electrons. The molecule has 3 rings (SSSR count). The standard InChI is InChI=1S/C34H51N2O/c1-3-5-7-9-11-13-15-19-25-35-27-23-30(24-28-35)33-29-34(37)31-21-17-18-22-32(31)36(33)26-20-16-14-12-10-8-6-4-2/h17-18,21-24,27-29H,3-16,19-20,25-26H2,1-2H3/q+1. The van der Waals surface area contributed by atoms with Gasteiger partial charge in [0.1, 0.15) is 6.54 Å². The van der Waals surface area contributed by atoms with Gasteiger partial charge in [-0.2, -0.15) is 0 Å². The largest absolute Gasteiger partial charge is 0.340 e. The van der Waals surface area contributed by atoms with Crippen molar-refractivity contribution in [1.29, 1.82) is 0 Å². The number of rotatable bonds is 19. The smallest absolute Gasteiger partial charge is 0.190 e. The highest BCUT2D eigenvalue weighted by atomic mass is 16.1. The summed E-state index contributed by atoms with van der Waals surface area (Å²) in [4.78, 5) is 13.0. The molecular formula is C34H51N2O+. The van der Waals surface area contributed by atoms with E-state index in [0.717, 1.165) is 41.7 Å². The molecule has 0 N–H and O–H groups in total. The topological polar surface area (TPSA) is 25.9 Å². The van der Waals surface area contributed by atoms with Crippen molar-refractivity contribution in [3.05, 3.63) is 65.1 Å². The average Bonchev–Trinajstić information content (AvgIpc) is 2.93. The number of benzene rings is 1. The number of aromatic nitrogens is 2. The van der Waals surface area contributed by atoms with Gasteiger partial charge in [-0.3, -0.25) is 4.79 Å². The number of nitrogens with zero attached hydrogens (tertiary/aromatic N) is 2. The van der Waals surface area contributed by atoms with Crippen LogP contribution in [-0.2, 0) is 13.1 Å². The lowest BCUT2D eigenvalue weighted by Gasteiger charge is -2.17. The second-order valence-electron chi connectivity index (χ2n) is 10.8. The van der Waals surface area contributed by atoms with Crippen LogP contribution in [0.1, 0.15) is 117 Å². The van der Waals surface area contributed by atoms with Gasteiger partial charge in [-0.25, -0.2) is 4.57 Å². The molecule has 3 heteroatoms. The van der Waals surface area contributed by atoms with Gasteiger partial charge >= 0.3 is 0 Å². The summed E-state index contributed by atoms with van der Waals surface area (Å²) < 4.78 is 4.68. The summed E-state index contributed by atoms with van der Waals surface area (Å²) in [5.74, 6) is 0. The highest BCUT2D eigenvalue weighted by Crippen LogP contribution is 2.23. The summed E-state index contributed by atoms with van der Waals surface area (Å²) in [5.41, 5.74) is 3.36. The normalized spacial score (nSPS) is 11.4. The third-order valence-corrected chi connectivity index (χ3v) is 7.71. The summed E-state index contributed by atoms with van der Waals surface area (Å²) in [6, 6.07) is 14.3. The van der Waals surface area contributed by atoms with Crippen molar-refractivity contribution in [2.45, 2.75) is 130 Å². The molecule has 0 atom stereocenters. The fourth-order valence-electron chi connectivity index (χ4n) is 5.42. The maximum Gasteiger partial charge on any atom is 0.190 e. The van der Waals surface area contributed by atoms with Gasteiger partial charge in [0.15, 0.2) is 17.8 Å². The van der Waals surface area contributed by atoms with Gasteiger partial charge in [0.25, 0.3) is 0 Å². The first-order valence-corrected chi connectivity index (χ1v) is 15.4. The van der Waals surface area contributed by atoms with Gasteiger partial charge in [0.2, 0.25) is 0 Å². The lowest BCUT2D eigenvalue weighted by atomic mass is 10.1. The van der Waals surface area contributed by atoms with E-state index in [1.165, 1.54) is 96.3 Å². The van der Waals surface area contributed by atoms with E-state index in [0.29, 0.717) is 0 Å². The summed E-state index contributed by atoms with van der Waals surface area (Å²) in [5, 5.41) is 0.825. The fourth-order valence-corrected chi connectivity index (χ4v) is 5.42. The molecule has 0 saturated carbocycles. The molecule has 1 aromatic carbocycles. The number of pyridine rings is 2. The molecular weight excluding hydrogens is 452 g/mol. The average molecular weight is 504 g/mol. The zero-order chi connectivity index (χ0) is 26.1. The van der Waals surface area contributed by atoms with Crippen molar-refractivity contribution in [1.82, 2.24) is 4.57 Å². The van der Waals surface area contributed by atoms with Crippen LogP contribution in [0.15, 0.2) is 59.7 Å². The first-order chi connectivity index (χ1) is 18.2. The second kappa shape index (κ2) is 17.2. The molecule has 2 aromatic heterocycles. The summed E-state index contributed by atoms with van der Waals surface area (Å²) in [7, 11) is 0. The lowest BCUT2D eigenvalue weighted by Crippen LogP contribution is -2.32. The molecule has 3 nitrogen and oxygen atoms in total. The molecule has 0 saturated heterocycles. The van der Waals surface area contributed by atoms with E-state index in [1.54, 1.807) is 0 Å². The van der Waals surface area contributed by atoms with Crippen LogP contribution < -0.4 is 10.00 Å². The van der Waals surface area contributed by atoms with Crippen LogP contribution in [0.5, 0.6) is 0 Å². The minimum atomic E-state index is 0.119. The SMILES string of the molecule is CCCCCCCCCCn1c(-c2cc[n+](CCCCCCCCCC)cc2)cc(=O)c2ccccc21. The summed E-state index contributed by atoms with van der Waals surface area (Å²) in [6.45, 7) is 6.57. The van der Waals surface area contributed by atoms with E-state index in [1.807, 2.05) is 18.2 Å². The molecule has 0 radical (unpaired) electrons. The van der Waals surface area contributed by atoms with Gasteiger partial charge in [-0.15, -0.1) is 0 Å². The van der Waals surface area contributed by atoms with E-state index in [2.05, 4.69) is 59.6 Å². The molecule has 37 heavy (non-hydrogen) atoms. The molecule has 0 spiro atoms. The minimum Gasteiger partial charge on any atom is -0.340 e. The summed E-state index contributed by atoms with van der Waals surface area (Å²) in [6.07, 6.45) is 25.6. The van der Waals surface area contributed by atoms with Crippen molar-refractivity contribution in [2.24, 2.45) is 0 Å². The van der Waals surface area contributed by atoms with Crippen molar-refractivity contribution >= 4 is 10.9 Å². The van der Waals surface area contributed by atoms with Gasteiger partial charge in [-0.1, -0.05) is 109 Å². The Balaban J connectivity index is 1.60. The van der Waals surface area contributed by atoms with Crippen molar-refractivity contribution in [2.75, 3.05) is 0 Å². The fraction of sp³-hybridized carbons (Fsp3) is 0.588. The van der Waals surface area contributed by atoms with Gasteiger partial charge in [-0.05, 0) is 25.0 Å². The van der Waals surface area contributed by atoms with Crippen LogP contribution in [0.3, 0.4) is 0 Å².